The first kappa shape index (κ1) is 16.5. The predicted octanol–water partition coefficient (Wildman–Crippen LogP) is 4.18. The van der Waals surface area contributed by atoms with E-state index in [1.54, 1.807) is 0 Å². The Morgan fingerprint density at radius 1 is 1.14 bits per heavy atom. The third-order valence-electron chi connectivity index (χ3n) is 3.04. The summed E-state index contributed by atoms with van der Waals surface area (Å²) in [6.45, 7) is 1.13. The summed E-state index contributed by atoms with van der Waals surface area (Å²) >= 11 is 3.24. The van der Waals surface area contributed by atoms with E-state index in [2.05, 4.69) is 21.2 Å². The first-order chi connectivity index (χ1) is 10.7. The quantitative estimate of drug-likeness (QED) is 0.747. The van der Waals surface area contributed by atoms with E-state index < -0.39 is 5.82 Å². The van der Waals surface area contributed by atoms with Gasteiger partial charge >= 0.3 is 0 Å². The third-order valence-corrected chi connectivity index (χ3v) is 3.73. The van der Waals surface area contributed by atoms with Crippen molar-refractivity contribution >= 4 is 21.8 Å². The standard InChI is InChI=1S/C17H17BrFNO2/c18-16-9-8-13(19)12-15(16)17(21)20-10-4-5-11-22-14-6-2-1-3-7-14/h1-3,6-9,12H,4-5,10-11H2,(H,20,21). The fraction of sp³-hybridized carbons (Fsp3) is 0.235. The molecule has 1 amide bonds. The second-order valence-corrected chi connectivity index (χ2v) is 5.60. The van der Waals surface area contributed by atoms with Crippen molar-refractivity contribution in [3.8, 4) is 5.75 Å². The molecule has 0 aliphatic heterocycles. The Morgan fingerprint density at radius 3 is 2.68 bits per heavy atom. The Hall–Kier alpha value is -1.88. The molecule has 0 unspecified atom stereocenters. The van der Waals surface area contributed by atoms with Crippen LogP contribution in [0.3, 0.4) is 0 Å². The molecule has 0 spiro atoms. The summed E-state index contributed by atoms with van der Waals surface area (Å²) in [5, 5.41) is 2.77. The maximum absolute atomic E-state index is 13.1. The number of unbranched alkanes of at least 4 members (excludes halogenated alkanes) is 1. The average Bonchev–Trinajstić information content (AvgIpc) is 2.54. The van der Waals surface area contributed by atoms with Crippen LogP contribution < -0.4 is 10.1 Å². The molecular formula is C17H17BrFNO2. The van der Waals surface area contributed by atoms with Crippen molar-refractivity contribution < 1.29 is 13.9 Å². The van der Waals surface area contributed by atoms with Gasteiger partial charge in [-0.3, -0.25) is 4.79 Å². The zero-order chi connectivity index (χ0) is 15.8. The van der Waals surface area contributed by atoms with Crippen molar-refractivity contribution in [2.24, 2.45) is 0 Å². The van der Waals surface area contributed by atoms with Gasteiger partial charge in [-0.1, -0.05) is 18.2 Å². The van der Waals surface area contributed by atoms with Crippen molar-refractivity contribution in [2.75, 3.05) is 13.2 Å². The zero-order valence-electron chi connectivity index (χ0n) is 12.0. The fourth-order valence-electron chi connectivity index (χ4n) is 1.90. The van der Waals surface area contributed by atoms with Crippen molar-refractivity contribution in [1.29, 1.82) is 0 Å². The molecule has 2 rings (SSSR count). The van der Waals surface area contributed by atoms with Gasteiger partial charge in [0.25, 0.3) is 5.91 Å². The minimum absolute atomic E-state index is 0.282. The number of rotatable bonds is 7. The molecule has 0 saturated heterocycles. The van der Waals surface area contributed by atoms with Crippen LogP contribution in [-0.4, -0.2) is 19.1 Å². The Balaban J connectivity index is 1.66. The third kappa shape index (κ3) is 5.15. The van der Waals surface area contributed by atoms with E-state index in [0.717, 1.165) is 18.6 Å². The highest BCUT2D eigenvalue weighted by molar-refractivity contribution is 9.10. The summed E-state index contributed by atoms with van der Waals surface area (Å²) in [7, 11) is 0. The van der Waals surface area contributed by atoms with Crippen LogP contribution in [0.25, 0.3) is 0 Å². The van der Waals surface area contributed by atoms with Crippen LogP contribution in [-0.2, 0) is 0 Å². The molecule has 0 aliphatic carbocycles. The molecule has 0 heterocycles. The Morgan fingerprint density at radius 2 is 1.91 bits per heavy atom. The highest BCUT2D eigenvalue weighted by atomic mass is 79.9. The van der Waals surface area contributed by atoms with E-state index in [-0.39, 0.29) is 5.91 Å². The number of hydrogen-bond donors (Lipinski definition) is 1. The van der Waals surface area contributed by atoms with Crippen molar-refractivity contribution in [2.45, 2.75) is 12.8 Å². The van der Waals surface area contributed by atoms with Gasteiger partial charge in [0.15, 0.2) is 0 Å². The van der Waals surface area contributed by atoms with Gasteiger partial charge in [0.1, 0.15) is 11.6 Å². The lowest BCUT2D eigenvalue weighted by Gasteiger charge is -2.08. The van der Waals surface area contributed by atoms with Crippen molar-refractivity contribution in [1.82, 2.24) is 5.32 Å². The molecule has 116 valence electrons. The number of benzene rings is 2. The molecule has 0 saturated carbocycles. The number of hydrogen-bond acceptors (Lipinski definition) is 2. The molecule has 2 aromatic rings. The van der Waals surface area contributed by atoms with E-state index in [0.29, 0.717) is 23.2 Å². The Bertz CT molecular complexity index is 619. The van der Waals surface area contributed by atoms with E-state index in [9.17, 15) is 9.18 Å². The van der Waals surface area contributed by atoms with Crippen LogP contribution in [0.2, 0.25) is 0 Å². The van der Waals surface area contributed by atoms with Gasteiger partial charge in [0.2, 0.25) is 0 Å². The highest BCUT2D eigenvalue weighted by Crippen LogP contribution is 2.17. The number of halogens is 2. The first-order valence-corrected chi connectivity index (χ1v) is 7.87. The molecule has 0 radical (unpaired) electrons. The second-order valence-electron chi connectivity index (χ2n) is 4.75. The molecule has 0 aliphatic rings. The van der Waals surface area contributed by atoms with Gasteiger partial charge in [0, 0.05) is 11.0 Å². The van der Waals surface area contributed by atoms with Gasteiger partial charge in [-0.05, 0) is 59.1 Å². The second kappa shape index (κ2) is 8.54. The Kier molecular flexibility index (Phi) is 6.40. The lowest BCUT2D eigenvalue weighted by Crippen LogP contribution is -2.25. The van der Waals surface area contributed by atoms with Crippen LogP contribution in [0.5, 0.6) is 5.75 Å². The van der Waals surface area contributed by atoms with Gasteiger partial charge in [0.05, 0.1) is 12.2 Å². The predicted molar refractivity (Wildman–Crippen MR) is 87.6 cm³/mol. The molecule has 3 nitrogen and oxygen atoms in total. The van der Waals surface area contributed by atoms with E-state index in [1.165, 1.54) is 18.2 Å². The van der Waals surface area contributed by atoms with Crippen molar-refractivity contribution in [3.63, 3.8) is 0 Å². The number of amides is 1. The largest absolute Gasteiger partial charge is 0.494 e. The summed E-state index contributed by atoms with van der Waals surface area (Å²) in [4.78, 5) is 11.9. The topological polar surface area (TPSA) is 38.3 Å². The summed E-state index contributed by atoms with van der Waals surface area (Å²) in [6.07, 6.45) is 1.63. The summed E-state index contributed by atoms with van der Waals surface area (Å²) in [6, 6.07) is 13.6. The smallest absolute Gasteiger partial charge is 0.252 e. The van der Waals surface area contributed by atoms with Gasteiger partial charge in [-0.15, -0.1) is 0 Å². The van der Waals surface area contributed by atoms with Crippen molar-refractivity contribution in [3.05, 3.63) is 64.4 Å². The van der Waals surface area contributed by atoms with E-state index in [1.807, 2.05) is 30.3 Å². The van der Waals surface area contributed by atoms with Crippen LogP contribution in [0.4, 0.5) is 4.39 Å². The minimum Gasteiger partial charge on any atom is -0.494 e. The monoisotopic (exact) mass is 365 g/mol. The maximum Gasteiger partial charge on any atom is 0.252 e. The van der Waals surface area contributed by atoms with Crippen LogP contribution in [0, 0.1) is 5.82 Å². The number of nitrogens with one attached hydrogen (secondary N) is 1. The van der Waals surface area contributed by atoms with Gasteiger partial charge < -0.3 is 10.1 Å². The van der Waals surface area contributed by atoms with Crippen LogP contribution >= 0.6 is 15.9 Å². The molecule has 1 N–H and O–H groups in total. The Labute approximate surface area is 137 Å². The van der Waals surface area contributed by atoms with E-state index in [4.69, 9.17) is 4.74 Å². The molecule has 2 aromatic carbocycles. The lowest BCUT2D eigenvalue weighted by atomic mass is 10.2. The van der Waals surface area contributed by atoms with Crippen LogP contribution in [0.15, 0.2) is 53.0 Å². The van der Waals surface area contributed by atoms with Gasteiger partial charge in [-0.25, -0.2) is 4.39 Å². The number of para-hydroxylation sites is 1. The summed E-state index contributed by atoms with van der Waals surface area (Å²) in [5.41, 5.74) is 0.306. The fourth-order valence-corrected chi connectivity index (χ4v) is 2.33. The molecule has 0 bridgehead atoms. The SMILES string of the molecule is O=C(NCCCCOc1ccccc1)c1cc(F)ccc1Br. The number of ether oxygens (including phenoxy) is 1. The average molecular weight is 366 g/mol. The zero-order valence-corrected chi connectivity index (χ0v) is 13.6. The summed E-state index contributed by atoms with van der Waals surface area (Å²) in [5.74, 6) is 0.134. The normalized spacial score (nSPS) is 10.3. The molecule has 22 heavy (non-hydrogen) atoms. The first-order valence-electron chi connectivity index (χ1n) is 7.08. The molecule has 0 aromatic heterocycles. The molecule has 5 heteroatoms. The molecule has 0 fully saturated rings. The maximum atomic E-state index is 13.1. The van der Waals surface area contributed by atoms with Gasteiger partial charge in [-0.2, -0.15) is 0 Å². The number of carbonyl (C=O) groups is 1. The number of carbonyl (C=O) groups excluding carboxylic acids is 1. The molecule has 0 atom stereocenters. The van der Waals surface area contributed by atoms with E-state index >= 15 is 0 Å². The summed E-state index contributed by atoms with van der Waals surface area (Å²) < 4.78 is 19.3. The minimum atomic E-state index is -0.426. The van der Waals surface area contributed by atoms with Crippen LogP contribution in [0.1, 0.15) is 23.2 Å². The highest BCUT2D eigenvalue weighted by Gasteiger charge is 2.10. The molecular weight excluding hydrogens is 349 g/mol. The lowest BCUT2D eigenvalue weighted by molar-refractivity contribution is 0.0951.